The molecule has 7 rings (SSSR count). The predicted molar refractivity (Wildman–Crippen MR) is 190 cm³/mol. The van der Waals surface area contributed by atoms with Crippen molar-refractivity contribution in [1.29, 1.82) is 0 Å². The minimum Gasteiger partial charge on any atom is -0.455 e. The number of hydrogen-bond acceptors (Lipinski definition) is 1. The molecule has 0 amide bonds. The first kappa shape index (κ1) is 27.7. The highest BCUT2D eigenvalue weighted by molar-refractivity contribution is 6.24. The number of aryl methyl sites for hydroxylation is 2. The standard InChI is InChI=1S/C42H37NO/c1-4-6-8-9-10-16-30-17-15-20-32(28-30)43-37-23-14-13-22-35(37)41-38(43)26-24-36-40-29(3)33(25-27-39(40)44-42(36)41)34-21-12-11-19-31(34)18-7-5-2/h4,6,8-17,19-28H,5,7,18H2,1-3H3/b6-4-,9-8-,16-10+. The zero-order chi connectivity index (χ0) is 30.0. The zero-order valence-corrected chi connectivity index (χ0v) is 25.7. The van der Waals surface area contributed by atoms with Crippen molar-refractivity contribution in [3.8, 4) is 16.8 Å². The minimum atomic E-state index is 0.940. The van der Waals surface area contributed by atoms with Crippen LogP contribution in [0.5, 0.6) is 0 Å². The van der Waals surface area contributed by atoms with Crippen molar-refractivity contribution in [3.05, 3.63) is 144 Å². The number of benzene rings is 5. The van der Waals surface area contributed by atoms with Crippen LogP contribution in [0.4, 0.5) is 0 Å². The second-order valence-electron chi connectivity index (χ2n) is 11.5. The molecule has 2 aromatic heterocycles. The van der Waals surface area contributed by atoms with E-state index in [4.69, 9.17) is 4.42 Å². The Kier molecular flexibility index (Phi) is 7.50. The first-order chi connectivity index (χ1) is 21.7. The van der Waals surface area contributed by atoms with Gasteiger partial charge in [0.1, 0.15) is 11.2 Å². The van der Waals surface area contributed by atoms with Crippen LogP contribution < -0.4 is 0 Å². The number of fused-ring (bicyclic) bond motifs is 7. The number of aromatic nitrogens is 1. The molecule has 0 radical (unpaired) electrons. The highest BCUT2D eigenvalue weighted by Gasteiger charge is 2.20. The van der Waals surface area contributed by atoms with Gasteiger partial charge in [0.15, 0.2) is 0 Å². The third-order valence-corrected chi connectivity index (χ3v) is 8.75. The van der Waals surface area contributed by atoms with E-state index in [0.29, 0.717) is 0 Å². The normalized spacial score (nSPS) is 12.4. The fraction of sp³-hybridized carbons (Fsp3) is 0.143. The predicted octanol–water partition coefficient (Wildman–Crippen LogP) is 12.1. The highest BCUT2D eigenvalue weighted by Crippen LogP contribution is 2.43. The number of furan rings is 1. The van der Waals surface area contributed by atoms with Crippen molar-refractivity contribution in [3.63, 3.8) is 0 Å². The average Bonchev–Trinajstić information content (AvgIpc) is 3.60. The summed E-state index contributed by atoms with van der Waals surface area (Å²) in [6.45, 7) is 6.53. The van der Waals surface area contributed by atoms with Gasteiger partial charge in [0.2, 0.25) is 0 Å². The number of hydrogen-bond donors (Lipinski definition) is 0. The molecule has 2 nitrogen and oxygen atoms in total. The van der Waals surface area contributed by atoms with Gasteiger partial charge >= 0.3 is 0 Å². The molecule has 0 saturated carbocycles. The second-order valence-corrected chi connectivity index (χ2v) is 11.5. The largest absolute Gasteiger partial charge is 0.455 e. The fourth-order valence-corrected chi connectivity index (χ4v) is 6.66. The molecule has 0 aliphatic rings. The SMILES string of the molecule is C\C=C/C=C\C=C\c1cccc(-n2c3ccccc3c3c4oc5ccc(-c6ccccc6CCCC)c(C)c5c4ccc32)c1. The van der Waals surface area contributed by atoms with Gasteiger partial charge in [-0.3, -0.25) is 0 Å². The summed E-state index contributed by atoms with van der Waals surface area (Å²) >= 11 is 0. The fourth-order valence-electron chi connectivity index (χ4n) is 6.66. The van der Waals surface area contributed by atoms with Crippen LogP contribution in [-0.2, 0) is 6.42 Å². The average molecular weight is 572 g/mol. The van der Waals surface area contributed by atoms with Crippen molar-refractivity contribution < 1.29 is 4.42 Å². The molecule has 0 spiro atoms. The van der Waals surface area contributed by atoms with Gasteiger partial charge in [-0.15, -0.1) is 0 Å². The summed E-state index contributed by atoms with van der Waals surface area (Å²) in [6.07, 6.45) is 15.9. The molecule has 0 fully saturated rings. The topological polar surface area (TPSA) is 18.1 Å². The van der Waals surface area contributed by atoms with E-state index in [0.717, 1.165) is 39.7 Å². The molecule has 44 heavy (non-hydrogen) atoms. The van der Waals surface area contributed by atoms with Crippen LogP contribution >= 0.6 is 0 Å². The van der Waals surface area contributed by atoms with E-state index in [2.05, 4.69) is 134 Å². The van der Waals surface area contributed by atoms with Crippen LogP contribution in [0.15, 0.2) is 132 Å². The molecule has 0 N–H and O–H groups in total. The Bertz CT molecular complexity index is 2230. The molecular weight excluding hydrogens is 534 g/mol. The van der Waals surface area contributed by atoms with Gasteiger partial charge in [-0.05, 0) is 90.9 Å². The molecule has 0 aliphatic heterocycles. The van der Waals surface area contributed by atoms with Gasteiger partial charge in [-0.2, -0.15) is 0 Å². The Morgan fingerprint density at radius 2 is 1.55 bits per heavy atom. The Morgan fingerprint density at radius 3 is 2.43 bits per heavy atom. The molecule has 2 heteroatoms. The Balaban J connectivity index is 1.43. The lowest BCUT2D eigenvalue weighted by molar-refractivity contribution is 0.673. The van der Waals surface area contributed by atoms with Gasteiger partial charge < -0.3 is 8.98 Å². The molecule has 0 atom stereocenters. The molecule has 0 aliphatic carbocycles. The van der Waals surface area contributed by atoms with Crippen LogP contribution in [0, 0.1) is 6.92 Å². The maximum atomic E-state index is 6.76. The lowest BCUT2D eigenvalue weighted by atomic mass is 9.91. The van der Waals surface area contributed by atoms with Crippen molar-refractivity contribution in [2.24, 2.45) is 0 Å². The monoisotopic (exact) mass is 571 g/mol. The summed E-state index contributed by atoms with van der Waals surface area (Å²) in [5.74, 6) is 0. The van der Waals surface area contributed by atoms with Gasteiger partial charge in [0.05, 0.1) is 16.4 Å². The van der Waals surface area contributed by atoms with Crippen molar-refractivity contribution in [2.45, 2.75) is 40.0 Å². The number of rotatable bonds is 8. The quantitative estimate of drug-likeness (QED) is 0.166. The van der Waals surface area contributed by atoms with Crippen molar-refractivity contribution >= 4 is 49.8 Å². The minimum absolute atomic E-state index is 0.940. The van der Waals surface area contributed by atoms with Crippen LogP contribution in [0.25, 0.3) is 66.6 Å². The maximum Gasteiger partial charge on any atom is 0.145 e. The molecule has 0 saturated heterocycles. The molecular formula is C42H37NO. The Hall–Kier alpha value is -5.08. The first-order valence-corrected chi connectivity index (χ1v) is 15.7. The van der Waals surface area contributed by atoms with E-state index in [1.807, 2.05) is 25.2 Å². The van der Waals surface area contributed by atoms with E-state index >= 15 is 0 Å². The van der Waals surface area contributed by atoms with E-state index in [-0.39, 0.29) is 0 Å². The Morgan fingerprint density at radius 1 is 0.705 bits per heavy atom. The zero-order valence-electron chi connectivity index (χ0n) is 25.7. The summed E-state index contributed by atoms with van der Waals surface area (Å²) in [5, 5.41) is 4.74. The van der Waals surface area contributed by atoms with Crippen molar-refractivity contribution in [2.75, 3.05) is 0 Å². The van der Waals surface area contributed by atoms with E-state index in [9.17, 15) is 0 Å². The summed E-state index contributed by atoms with van der Waals surface area (Å²) in [6, 6.07) is 35.2. The highest BCUT2D eigenvalue weighted by atomic mass is 16.3. The molecule has 5 aromatic carbocycles. The maximum absolute atomic E-state index is 6.76. The van der Waals surface area contributed by atoms with Gasteiger partial charge in [0, 0.05) is 21.8 Å². The summed E-state index contributed by atoms with van der Waals surface area (Å²) < 4.78 is 9.13. The van der Waals surface area contributed by atoms with Crippen LogP contribution in [0.2, 0.25) is 0 Å². The summed E-state index contributed by atoms with van der Waals surface area (Å²) in [4.78, 5) is 0. The van der Waals surface area contributed by atoms with E-state index < -0.39 is 0 Å². The number of unbranched alkanes of at least 4 members (excludes halogenated alkanes) is 1. The van der Waals surface area contributed by atoms with Gasteiger partial charge in [0.25, 0.3) is 0 Å². The van der Waals surface area contributed by atoms with Crippen LogP contribution in [0.3, 0.4) is 0 Å². The third kappa shape index (κ3) is 4.77. The molecule has 0 bridgehead atoms. The number of allylic oxidation sites excluding steroid dienone is 5. The van der Waals surface area contributed by atoms with Gasteiger partial charge in [-0.1, -0.05) is 110 Å². The summed E-state index contributed by atoms with van der Waals surface area (Å²) in [5.41, 5.74) is 11.8. The smallest absolute Gasteiger partial charge is 0.145 e. The van der Waals surface area contributed by atoms with Gasteiger partial charge in [-0.25, -0.2) is 0 Å². The number of para-hydroxylation sites is 1. The lowest BCUT2D eigenvalue weighted by Crippen LogP contribution is -1.94. The Labute approximate surface area is 259 Å². The third-order valence-electron chi connectivity index (χ3n) is 8.75. The van der Waals surface area contributed by atoms with E-state index in [1.54, 1.807) is 0 Å². The van der Waals surface area contributed by atoms with Crippen LogP contribution in [-0.4, -0.2) is 4.57 Å². The second kappa shape index (κ2) is 11.9. The van der Waals surface area contributed by atoms with E-state index in [1.165, 1.54) is 56.8 Å². The molecule has 2 heterocycles. The molecule has 0 unspecified atom stereocenters. The summed E-state index contributed by atoms with van der Waals surface area (Å²) in [7, 11) is 0. The number of nitrogens with zero attached hydrogens (tertiary/aromatic N) is 1. The van der Waals surface area contributed by atoms with Crippen molar-refractivity contribution in [1.82, 2.24) is 4.57 Å². The van der Waals surface area contributed by atoms with Crippen LogP contribution in [0.1, 0.15) is 43.4 Å². The molecule has 7 aromatic rings. The first-order valence-electron chi connectivity index (χ1n) is 15.7. The molecule has 216 valence electrons. The lowest BCUT2D eigenvalue weighted by Gasteiger charge is -2.12.